The highest BCUT2D eigenvalue weighted by atomic mass is 16.5. The molecule has 3 N–H and O–H groups in total. The van der Waals surface area contributed by atoms with Crippen LogP contribution in [0.2, 0.25) is 0 Å². The van der Waals surface area contributed by atoms with Crippen LogP contribution in [-0.4, -0.2) is 43.6 Å². The molecule has 0 saturated carbocycles. The predicted molar refractivity (Wildman–Crippen MR) is 79.9 cm³/mol. The number of hydrogen-bond donors (Lipinski definition) is 2. The lowest BCUT2D eigenvalue weighted by Gasteiger charge is -2.32. The Hall–Kier alpha value is -1.75. The Morgan fingerprint density at radius 2 is 2.15 bits per heavy atom. The molecule has 2 rings (SSSR count). The average molecular weight is 277 g/mol. The molecule has 1 heterocycles. The minimum absolute atomic E-state index is 0.0837. The number of benzene rings is 1. The van der Waals surface area contributed by atoms with Gasteiger partial charge in [0.25, 0.3) is 5.91 Å². The summed E-state index contributed by atoms with van der Waals surface area (Å²) in [6.07, 6.45) is 3.87. The average Bonchev–Trinajstić information content (AvgIpc) is 2.45. The van der Waals surface area contributed by atoms with Gasteiger partial charge in [-0.1, -0.05) is 6.42 Å². The molecule has 5 heteroatoms. The van der Waals surface area contributed by atoms with Crippen LogP contribution in [0.25, 0.3) is 0 Å². The fraction of sp³-hybridized carbons (Fsp3) is 0.533. The summed E-state index contributed by atoms with van der Waals surface area (Å²) in [5.41, 5.74) is 6.10. The first kappa shape index (κ1) is 14.7. The molecule has 0 aromatic heterocycles. The summed E-state index contributed by atoms with van der Waals surface area (Å²) in [4.78, 5) is 13.0. The SMILES string of the molecule is CN1CCCCC1CNc1ccc(OCC(N)=O)cc1. The second-order valence-corrected chi connectivity index (χ2v) is 5.29. The zero-order valence-electron chi connectivity index (χ0n) is 12.0. The quantitative estimate of drug-likeness (QED) is 0.826. The molecule has 5 nitrogen and oxygen atoms in total. The second kappa shape index (κ2) is 7.14. The number of carbonyl (C=O) groups excluding carboxylic acids is 1. The first-order valence-corrected chi connectivity index (χ1v) is 7.10. The minimum atomic E-state index is -0.465. The van der Waals surface area contributed by atoms with E-state index in [1.54, 1.807) is 0 Å². The Labute approximate surface area is 120 Å². The molecule has 1 aliphatic rings. The number of likely N-dealkylation sites (tertiary alicyclic amines) is 1. The zero-order valence-corrected chi connectivity index (χ0v) is 12.0. The molecule has 0 aliphatic carbocycles. The highest BCUT2D eigenvalue weighted by molar-refractivity contribution is 5.75. The number of primary amides is 1. The number of anilines is 1. The van der Waals surface area contributed by atoms with Crippen LogP contribution in [-0.2, 0) is 4.79 Å². The molecule has 0 bridgehead atoms. The fourth-order valence-electron chi connectivity index (χ4n) is 2.46. The summed E-state index contributed by atoms with van der Waals surface area (Å²) in [5, 5.41) is 3.45. The van der Waals surface area contributed by atoms with Crippen LogP contribution in [0, 0.1) is 0 Å². The van der Waals surface area contributed by atoms with Gasteiger partial charge in [-0.2, -0.15) is 0 Å². The van der Waals surface area contributed by atoms with Gasteiger partial charge < -0.3 is 20.7 Å². The molecule has 1 aliphatic heterocycles. The van der Waals surface area contributed by atoms with E-state index >= 15 is 0 Å². The van der Waals surface area contributed by atoms with E-state index in [1.807, 2.05) is 24.3 Å². The van der Waals surface area contributed by atoms with Gasteiger partial charge >= 0.3 is 0 Å². The number of hydrogen-bond acceptors (Lipinski definition) is 4. The lowest BCUT2D eigenvalue weighted by molar-refractivity contribution is -0.119. The summed E-state index contributed by atoms with van der Waals surface area (Å²) in [6.45, 7) is 2.06. The van der Waals surface area contributed by atoms with Crippen molar-refractivity contribution in [3.05, 3.63) is 24.3 Å². The number of nitrogens with one attached hydrogen (secondary N) is 1. The van der Waals surface area contributed by atoms with Gasteiger partial charge in [0.05, 0.1) is 0 Å². The number of nitrogens with zero attached hydrogens (tertiary/aromatic N) is 1. The summed E-state index contributed by atoms with van der Waals surface area (Å²) < 4.78 is 5.22. The number of nitrogens with two attached hydrogens (primary N) is 1. The molecule has 1 amide bonds. The summed E-state index contributed by atoms with van der Waals surface area (Å²) in [5.74, 6) is 0.191. The van der Waals surface area contributed by atoms with Crippen molar-refractivity contribution in [2.75, 3.05) is 32.1 Å². The van der Waals surface area contributed by atoms with Crippen LogP contribution in [0.15, 0.2) is 24.3 Å². The summed E-state index contributed by atoms with van der Waals surface area (Å²) in [7, 11) is 2.19. The number of likely N-dealkylation sites (N-methyl/N-ethyl adjacent to an activating group) is 1. The van der Waals surface area contributed by atoms with E-state index in [0.717, 1.165) is 12.2 Å². The predicted octanol–water partition coefficient (Wildman–Crippen LogP) is 1.45. The van der Waals surface area contributed by atoms with E-state index in [0.29, 0.717) is 11.8 Å². The molecule has 110 valence electrons. The number of carbonyl (C=O) groups is 1. The molecule has 1 aromatic carbocycles. The summed E-state index contributed by atoms with van der Waals surface area (Å²) in [6, 6.07) is 8.21. The lowest BCUT2D eigenvalue weighted by Crippen LogP contribution is -2.40. The van der Waals surface area contributed by atoms with Gasteiger partial charge in [0.1, 0.15) is 5.75 Å². The van der Waals surface area contributed by atoms with E-state index < -0.39 is 5.91 Å². The number of amides is 1. The van der Waals surface area contributed by atoms with E-state index in [4.69, 9.17) is 10.5 Å². The van der Waals surface area contributed by atoms with Crippen LogP contribution in [0.4, 0.5) is 5.69 Å². The van der Waals surface area contributed by atoms with Gasteiger partial charge in [0, 0.05) is 18.3 Å². The van der Waals surface area contributed by atoms with Crippen molar-refractivity contribution < 1.29 is 9.53 Å². The third kappa shape index (κ3) is 4.42. The van der Waals surface area contributed by atoms with Gasteiger partial charge in [-0.3, -0.25) is 4.79 Å². The normalized spacial score (nSPS) is 19.6. The van der Waals surface area contributed by atoms with E-state index in [2.05, 4.69) is 17.3 Å². The third-order valence-electron chi connectivity index (χ3n) is 3.70. The van der Waals surface area contributed by atoms with Crippen molar-refractivity contribution in [3.8, 4) is 5.75 Å². The largest absolute Gasteiger partial charge is 0.484 e. The number of ether oxygens (including phenoxy) is 1. The number of piperidine rings is 1. The Morgan fingerprint density at radius 1 is 1.40 bits per heavy atom. The van der Waals surface area contributed by atoms with Crippen molar-refractivity contribution in [1.82, 2.24) is 4.90 Å². The highest BCUT2D eigenvalue weighted by Crippen LogP contribution is 2.18. The van der Waals surface area contributed by atoms with E-state index in [9.17, 15) is 4.79 Å². The maximum atomic E-state index is 10.6. The molecule has 1 unspecified atom stereocenters. The van der Waals surface area contributed by atoms with Crippen molar-refractivity contribution in [3.63, 3.8) is 0 Å². The molecule has 1 fully saturated rings. The standard InChI is InChI=1S/C15H23N3O2/c1-18-9-3-2-4-13(18)10-17-12-5-7-14(8-6-12)20-11-15(16)19/h5-8,13,17H,2-4,9-11H2,1H3,(H2,16,19). The third-order valence-corrected chi connectivity index (χ3v) is 3.70. The van der Waals surface area contributed by atoms with Gasteiger partial charge in [0.15, 0.2) is 6.61 Å². The molecular weight excluding hydrogens is 254 g/mol. The number of rotatable bonds is 6. The van der Waals surface area contributed by atoms with Gasteiger partial charge in [0.2, 0.25) is 0 Å². The monoisotopic (exact) mass is 277 g/mol. The molecular formula is C15H23N3O2. The van der Waals surface area contributed by atoms with Crippen molar-refractivity contribution in [2.45, 2.75) is 25.3 Å². The lowest BCUT2D eigenvalue weighted by atomic mass is 10.0. The maximum absolute atomic E-state index is 10.6. The van der Waals surface area contributed by atoms with E-state index in [-0.39, 0.29) is 6.61 Å². The molecule has 1 aromatic rings. The Balaban J connectivity index is 1.79. The second-order valence-electron chi connectivity index (χ2n) is 5.29. The zero-order chi connectivity index (χ0) is 14.4. The van der Waals surface area contributed by atoms with Gasteiger partial charge in [-0.05, 0) is 50.7 Å². The first-order chi connectivity index (χ1) is 9.65. The molecule has 1 saturated heterocycles. The highest BCUT2D eigenvalue weighted by Gasteiger charge is 2.18. The van der Waals surface area contributed by atoms with Crippen LogP contribution < -0.4 is 15.8 Å². The van der Waals surface area contributed by atoms with E-state index in [1.165, 1.54) is 25.8 Å². The van der Waals surface area contributed by atoms with Gasteiger partial charge in [-0.15, -0.1) is 0 Å². The first-order valence-electron chi connectivity index (χ1n) is 7.10. The topological polar surface area (TPSA) is 67.6 Å². The van der Waals surface area contributed by atoms with Crippen molar-refractivity contribution in [2.24, 2.45) is 5.73 Å². The molecule has 1 atom stereocenters. The Kier molecular flexibility index (Phi) is 5.24. The molecule has 20 heavy (non-hydrogen) atoms. The van der Waals surface area contributed by atoms with Crippen LogP contribution >= 0.6 is 0 Å². The fourth-order valence-corrected chi connectivity index (χ4v) is 2.46. The molecule has 0 spiro atoms. The Bertz CT molecular complexity index is 433. The smallest absolute Gasteiger partial charge is 0.255 e. The maximum Gasteiger partial charge on any atom is 0.255 e. The summed E-state index contributed by atoms with van der Waals surface area (Å²) >= 11 is 0. The van der Waals surface area contributed by atoms with Gasteiger partial charge in [-0.25, -0.2) is 0 Å². The Morgan fingerprint density at radius 3 is 2.80 bits per heavy atom. The van der Waals surface area contributed by atoms with Crippen LogP contribution in [0.5, 0.6) is 5.75 Å². The van der Waals surface area contributed by atoms with Crippen molar-refractivity contribution in [1.29, 1.82) is 0 Å². The van der Waals surface area contributed by atoms with Crippen molar-refractivity contribution >= 4 is 11.6 Å². The van der Waals surface area contributed by atoms with Crippen LogP contribution in [0.3, 0.4) is 0 Å². The molecule has 0 radical (unpaired) electrons. The minimum Gasteiger partial charge on any atom is -0.484 e. The van der Waals surface area contributed by atoms with Crippen LogP contribution in [0.1, 0.15) is 19.3 Å².